The van der Waals surface area contributed by atoms with Crippen molar-refractivity contribution in [3.63, 3.8) is 0 Å². The molecule has 2 aliphatic rings. The van der Waals surface area contributed by atoms with E-state index in [1.165, 1.54) is 4.90 Å². The van der Waals surface area contributed by atoms with Crippen LogP contribution in [0.4, 0.5) is 4.79 Å². The van der Waals surface area contributed by atoms with Crippen molar-refractivity contribution in [1.82, 2.24) is 9.80 Å². The minimum Gasteiger partial charge on any atom is -0.481 e. The molecule has 21 heavy (non-hydrogen) atoms. The number of carboxylic acids is 1. The van der Waals surface area contributed by atoms with Crippen LogP contribution in [0.25, 0.3) is 0 Å². The monoisotopic (exact) mass is 300 g/mol. The van der Waals surface area contributed by atoms with Crippen LogP contribution in [0.1, 0.15) is 25.7 Å². The molecule has 0 spiro atoms. The number of piperidine rings is 1. The average Bonchev–Trinajstić information content (AvgIpc) is 2.96. The normalized spacial score (nSPS) is 29.4. The van der Waals surface area contributed by atoms with Gasteiger partial charge in [-0.15, -0.1) is 0 Å². The van der Waals surface area contributed by atoms with Gasteiger partial charge in [0.05, 0.1) is 19.3 Å². The summed E-state index contributed by atoms with van der Waals surface area (Å²) in [5.41, 5.74) is 0. The van der Waals surface area contributed by atoms with Crippen molar-refractivity contribution in [2.45, 2.75) is 37.8 Å². The Morgan fingerprint density at radius 2 is 2.10 bits per heavy atom. The molecule has 2 heterocycles. The lowest BCUT2D eigenvalue weighted by atomic mass is 9.99. The molecule has 2 N–H and O–H groups in total. The van der Waals surface area contributed by atoms with Crippen LogP contribution in [0.5, 0.6) is 0 Å². The van der Waals surface area contributed by atoms with Crippen molar-refractivity contribution in [3.8, 4) is 0 Å². The molecule has 2 saturated heterocycles. The number of rotatable bonds is 4. The van der Waals surface area contributed by atoms with E-state index in [2.05, 4.69) is 0 Å². The molecule has 3 unspecified atom stereocenters. The molecule has 3 atom stereocenters. The van der Waals surface area contributed by atoms with Gasteiger partial charge in [-0.2, -0.15) is 0 Å². The van der Waals surface area contributed by atoms with Gasteiger partial charge in [-0.25, -0.2) is 4.79 Å². The van der Waals surface area contributed by atoms with Crippen LogP contribution >= 0.6 is 0 Å². The maximum atomic E-state index is 12.7. The number of likely N-dealkylation sites (N-methyl/N-ethyl adjacent to an activating group) is 1. The molecular formula is C14H24N2O5. The van der Waals surface area contributed by atoms with Crippen molar-refractivity contribution >= 4 is 12.0 Å². The molecule has 0 aromatic heterocycles. The number of carbonyl (C=O) groups excluding carboxylic acids is 1. The van der Waals surface area contributed by atoms with E-state index < -0.39 is 17.9 Å². The van der Waals surface area contributed by atoms with Crippen LogP contribution in [0.15, 0.2) is 0 Å². The number of carboxylic acid groups (broad SMARTS) is 1. The van der Waals surface area contributed by atoms with Gasteiger partial charge in [0.15, 0.2) is 0 Å². The standard InChI is InChI=1S/C14H24N2O5/c1-15(12-9-21-8-11(12)13(18)19)14(20)16-6-3-2-4-10(16)5-7-17/h10-12,17H,2-9H2,1H3,(H,18,19). The Bertz CT molecular complexity index is 388. The number of carbonyl (C=O) groups is 2. The van der Waals surface area contributed by atoms with E-state index in [0.29, 0.717) is 13.0 Å². The molecule has 0 saturated carbocycles. The number of likely N-dealkylation sites (tertiary alicyclic amines) is 1. The summed E-state index contributed by atoms with van der Waals surface area (Å²) < 4.78 is 5.23. The fourth-order valence-electron chi connectivity index (χ4n) is 3.21. The average molecular weight is 300 g/mol. The molecule has 120 valence electrons. The molecule has 0 aliphatic carbocycles. The fourth-order valence-corrected chi connectivity index (χ4v) is 3.21. The highest BCUT2D eigenvalue weighted by Gasteiger charge is 2.40. The predicted octanol–water partition coefficient (Wildman–Crippen LogP) is 0.375. The molecule has 0 bridgehead atoms. The van der Waals surface area contributed by atoms with Crippen LogP contribution in [-0.4, -0.2) is 77.5 Å². The van der Waals surface area contributed by atoms with Gasteiger partial charge in [0, 0.05) is 26.2 Å². The summed E-state index contributed by atoms with van der Waals surface area (Å²) in [5, 5.41) is 18.3. The molecule has 2 rings (SSSR count). The first-order chi connectivity index (χ1) is 10.1. The van der Waals surface area contributed by atoms with Crippen molar-refractivity contribution in [2.24, 2.45) is 5.92 Å². The molecule has 2 aliphatic heterocycles. The van der Waals surface area contributed by atoms with Gasteiger partial charge in [0.1, 0.15) is 5.92 Å². The number of amides is 2. The summed E-state index contributed by atoms with van der Waals surface area (Å²) in [6.07, 6.45) is 3.47. The number of aliphatic hydroxyl groups excluding tert-OH is 1. The van der Waals surface area contributed by atoms with Crippen molar-refractivity contribution in [2.75, 3.05) is 33.4 Å². The summed E-state index contributed by atoms with van der Waals surface area (Å²) in [5.74, 6) is -1.59. The molecule has 0 aromatic rings. The van der Waals surface area contributed by atoms with Crippen LogP contribution in [0.3, 0.4) is 0 Å². The summed E-state index contributed by atoms with van der Waals surface area (Å²) >= 11 is 0. The molecule has 7 heteroatoms. The highest BCUT2D eigenvalue weighted by Crippen LogP contribution is 2.24. The first kappa shape index (κ1) is 16.0. The Morgan fingerprint density at radius 3 is 2.76 bits per heavy atom. The van der Waals surface area contributed by atoms with E-state index in [9.17, 15) is 14.7 Å². The molecule has 2 fully saturated rings. The number of hydrogen-bond acceptors (Lipinski definition) is 4. The lowest BCUT2D eigenvalue weighted by Crippen LogP contribution is -2.54. The number of aliphatic hydroxyl groups is 1. The zero-order valence-corrected chi connectivity index (χ0v) is 12.4. The molecule has 2 amide bonds. The second-order valence-corrected chi connectivity index (χ2v) is 5.80. The van der Waals surface area contributed by atoms with E-state index in [1.807, 2.05) is 0 Å². The molecule has 0 radical (unpaired) electrons. The van der Waals surface area contributed by atoms with Gasteiger partial charge in [-0.1, -0.05) is 0 Å². The second-order valence-electron chi connectivity index (χ2n) is 5.80. The van der Waals surface area contributed by atoms with Gasteiger partial charge in [0.2, 0.25) is 0 Å². The van der Waals surface area contributed by atoms with Crippen LogP contribution in [0.2, 0.25) is 0 Å². The number of urea groups is 1. The van der Waals surface area contributed by atoms with Gasteiger partial charge in [0.25, 0.3) is 0 Å². The highest BCUT2D eigenvalue weighted by molar-refractivity contribution is 5.77. The third-order valence-electron chi connectivity index (χ3n) is 4.50. The number of aliphatic carboxylic acids is 1. The lowest BCUT2D eigenvalue weighted by Gasteiger charge is -2.39. The van der Waals surface area contributed by atoms with Gasteiger partial charge >= 0.3 is 12.0 Å². The second kappa shape index (κ2) is 7.09. The van der Waals surface area contributed by atoms with Crippen LogP contribution < -0.4 is 0 Å². The topological polar surface area (TPSA) is 90.3 Å². The maximum absolute atomic E-state index is 12.7. The Hall–Kier alpha value is -1.34. The zero-order chi connectivity index (χ0) is 15.4. The largest absolute Gasteiger partial charge is 0.481 e. The lowest BCUT2D eigenvalue weighted by molar-refractivity contribution is -0.142. The minimum atomic E-state index is -0.928. The van der Waals surface area contributed by atoms with E-state index in [4.69, 9.17) is 9.84 Å². The van der Waals surface area contributed by atoms with E-state index in [-0.39, 0.29) is 31.9 Å². The number of nitrogens with zero attached hydrogens (tertiary/aromatic N) is 2. The Labute approximate surface area is 124 Å². The summed E-state index contributed by atoms with van der Waals surface area (Å²) in [4.78, 5) is 27.2. The minimum absolute atomic E-state index is 0.0456. The molecule has 7 nitrogen and oxygen atoms in total. The summed E-state index contributed by atoms with van der Waals surface area (Å²) in [6, 6.07) is -0.536. The highest BCUT2D eigenvalue weighted by atomic mass is 16.5. The quantitative estimate of drug-likeness (QED) is 0.783. The van der Waals surface area contributed by atoms with E-state index in [1.54, 1.807) is 11.9 Å². The molecule has 0 aromatic carbocycles. The summed E-state index contributed by atoms with van der Waals surface area (Å²) in [6.45, 7) is 1.14. The first-order valence-corrected chi connectivity index (χ1v) is 7.51. The predicted molar refractivity (Wildman–Crippen MR) is 74.9 cm³/mol. The third-order valence-corrected chi connectivity index (χ3v) is 4.50. The van der Waals surface area contributed by atoms with E-state index in [0.717, 1.165) is 19.3 Å². The Kier molecular flexibility index (Phi) is 5.41. The van der Waals surface area contributed by atoms with Crippen LogP contribution in [-0.2, 0) is 9.53 Å². The van der Waals surface area contributed by atoms with Crippen molar-refractivity contribution in [1.29, 1.82) is 0 Å². The van der Waals surface area contributed by atoms with Gasteiger partial charge < -0.3 is 24.7 Å². The van der Waals surface area contributed by atoms with Crippen molar-refractivity contribution < 1.29 is 24.5 Å². The van der Waals surface area contributed by atoms with Crippen molar-refractivity contribution in [3.05, 3.63) is 0 Å². The number of hydrogen-bond donors (Lipinski definition) is 2. The summed E-state index contributed by atoms with van der Waals surface area (Å²) in [7, 11) is 1.64. The third kappa shape index (κ3) is 3.47. The fraction of sp³-hybridized carbons (Fsp3) is 0.857. The Morgan fingerprint density at radius 1 is 1.33 bits per heavy atom. The SMILES string of the molecule is CN(C(=O)N1CCCCC1CCO)C1COCC1C(=O)O. The first-order valence-electron chi connectivity index (χ1n) is 7.51. The molecular weight excluding hydrogens is 276 g/mol. The Balaban J connectivity index is 2.05. The van der Waals surface area contributed by atoms with E-state index >= 15 is 0 Å². The zero-order valence-electron chi connectivity index (χ0n) is 12.4. The van der Waals surface area contributed by atoms with Gasteiger partial charge in [-0.05, 0) is 25.7 Å². The van der Waals surface area contributed by atoms with Gasteiger partial charge in [-0.3, -0.25) is 4.79 Å². The smallest absolute Gasteiger partial charge is 0.320 e. The maximum Gasteiger partial charge on any atom is 0.320 e. The van der Waals surface area contributed by atoms with Crippen LogP contribution in [0, 0.1) is 5.92 Å². The number of ether oxygens (including phenoxy) is 1.